The van der Waals surface area contributed by atoms with Crippen LogP contribution >= 0.6 is 22.7 Å². The summed E-state index contributed by atoms with van der Waals surface area (Å²) >= 11 is 2.35. The van der Waals surface area contributed by atoms with E-state index in [4.69, 9.17) is 26.7 Å². The second kappa shape index (κ2) is 11.9. The minimum Gasteiger partial charge on any atom is -0.462 e. The second-order valence-corrected chi connectivity index (χ2v) is 9.72. The summed E-state index contributed by atoms with van der Waals surface area (Å²) in [7, 11) is 1.10. The molecule has 2 aromatic rings. The molecule has 0 fully saturated rings. The molecule has 0 bridgehead atoms. The Kier molecular flexibility index (Phi) is 8.93. The number of carbonyl (C=O) groups excluding carboxylic acids is 6. The Bertz CT molecular complexity index is 1280. The second-order valence-electron chi connectivity index (χ2n) is 7.51. The lowest BCUT2D eigenvalue weighted by Crippen LogP contribution is -2.30. The number of nitrogens with one attached hydrogen (secondary N) is 2. The molecule has 14 nitrogen and oxygen atoms in total. The van der Waals surface area contributed by atoms with Crippen molar-refractivity contribution in [1.82, 2.24) is 0 Å². The highest BCUT2D eigenvalue weighted by Gasteiger charge is 2.27. The van der Waals surface area contributed by atoms with E-state index in [9.17, 15) is 28.8 Å². The van der Waals surface area contributed by atoms with Gasteiger partial charge in [0.2, 0.25) is 0 Å². The smallest absolute Gasteiger partial charge is 0.396 e. The van der Waals surface area contributed by atoms with Crippen molar-refractivity contribution >= 4 is 68.2 Å². The highest BCUT2D eigenvalue weighted by atomic mass is 32.1. The van der Waals surface area contributed by atoms with Crippen LogP contribution in [-0.4, -0.2) is 55.8 Å². The molecule has 16 heteroatoms. The van der Waals surface area contributed by atoms with Crippen LogP contribution in [0.25, 0.3) is 0 Å². The van der Waals surface area contributed by atoms with Gasteiger partial charge in [-0.3, -0.25) is 24.0 Å². The van der Waals surface area contributed by atoms with Gasteiger partial charge in [0.15, 0.2) is 0 Å². The van der Waals surface area contributed by atoms with Crippen LogP contribution in [0.2, 0.25) is 0 Å². The molecule has 0 radical (unpaired) electrons. The standard InChI is InChI=1S/C11H12N2O5S.C10H11N3O4S/c1-17-11(16)9(15)13-10-7(8(12)14)5-2-3-18-4-6(5)19-10;11-7(14)6-4-1-2-17-3-5(4)18-10(6)13-9(16)8(12)15/h2-4H2,1H3,(H2,12,14)(H,13,15);1-3H2,(H2,11,14)(H2,12,15)(H,13,16). The molecule has 4 heterocycles. The quantitative estimate of drug-likeness (QED) is 0.239. The fraction of sp³-hybridized carbons (Fsp3) is 0.333. The topological polar surface area (TPSA) is 232 Å². The molecular weight excluding hydrogens is 530 g/mol. The highest BCUT2D eigenvalue weighted by Crippen LogP contribution is 2.37. The van der Waals surface area contributed by atoms with Gasteiger partial charge in [0.05, 0.1) is 44.7 Å². The first-order chi connectivity index (χ1) is 17.5. The molecule has 2 aliphatic heterocycles. The number of rotatable bonds is 4. The predicted molar refractivity (Wildman–Crippen MR) is 131 cm³/mol. The summed E-state index contributed by atoms with van der Waals surface area (Å²) in [4.78, 5) is 69.1. The molecule has 0 saturated heterocycles. The monoisotopic (exact) mass is 553 g/mol. The Morgan fingerprint density at radius 1 is 0.757 bits per heavy atom. The van der Waals surface area contributed by atoms with Crippen molar-refractivity contribution in [1.29, 1.82) is 0 Å². The normalized spacial score (nSPS) is 13.6. The highest BCUT2D eigenvalue weighted by molar-refractivity contribution is 7.17. The third kappa shape index (κ3) is 6.29. The van der Waals surface area contributed by atoms with Crippen molar-refractivity contribution in [3.8, 4) is 0 Å². The Hall–Kier alpha value is -3.86. The fourth-order valence-electron chi connectivity index (χ4n) is 3.57. The van der Waals surface area contributed by atoms with E-state index in [1.165, 1.54) is 22.7 Å². The minimum atomic E-state index is -1.12. The Morgan fingerprint density at radius 3 is 1.57 bits per heavy atom. The molecule has 0 aliphatic carbocycles. The zero-order valence-electron chi connectivity index (χ0n) is 19.5. The van der Waals surface area contributed by atoms with Crippen molar-refractivity contribution in [2.24, 2.45) is 17.2 Å². The molecule has 0 aromatic carbocycles. The van der Waals surface area contributed by atoms with Crippen LogP contribution in [0.5, 0.6) is 0 Å². The first-order valence-corrected chi connectivity index (χ1v) is 12.2. The van der Waals surface area contributed by atoms with Crippen LogP contribution in [0.1, 0.15) is 41.6 Å². The number of hydrogen-bond acceptors (Lipinski definition) is 11. The van der Waals surface area contributed by atoms with E-state index in [0.29, 0.717) is 39.3 Å². The maximum absolute atomic E-state index is 11.5. The van der Waals surface area contributed by atoms with Crippen LogP contribution in [0, 0.1) is 0 Å². The van der Waals surface area contributed by atoms with Crippen molar-refractivity contribution in [2.45, 2.75) is 26.1 Å². The van der Waals surface area contributed by atoms with Gasteiger partial charge in [0.1, 0.15) is 10.0 Å². The number of ether oxygens (including phenoxy) is 3. The van der Waals surface area contributed by atoms with Crippen LogP contribution in [-0.2, 0) is 59.4 Å². The molecular formula is C21H23N5O9S2. The predicted octanol–water partition coefficient (Wildman–Crippen LogP) is -0.625. The Balaban J connectivity index is 0.000000206. The molecule has 2 aliphatic rings. The summed E-state index contributed by atoms with van der Waals surface area (Å²) in [6.45, 7) is 1.72. The molecule has 8 N–H and O–H groups in total. The third-order valence-corrected chi connectivity index (χ3v) is 7.42. The zero-order valence-corrected chi connectivity index (χ0v) is 21.1. The molecule has 2 aromatic heterocycles. The molecule has 198 valence electrons. The number of esters is 1. The number of anilines is 2. The van der Waals surface area contributed by atoms with Gasteiger partial charge in [-0.25, -0.2) is 4.79 Å². The van der Waals surface area contributed by atoms with Crippen molar-refractivity contribution in [3.63, 3.8) is 0 Å². The maximum Gasteiger partial charge on any atom is 0.396 e. The summed E-state index contributed by atoms with van der Waals surface area (Å²) in [5.41, 5.74) is 17.5. The van der Waals surface area contributed by atoms with Crippen molar-refractivity contribution < 1.29 is 43.0 Å². The maximum atomic E-state index is 11.5. The lowest BCUT2D eigenvalue weighted by molar-refractivity contribution is -0.150. The first kappa shape index (κ1) is 27.7. The number of fused-ring (bicyclic) bond motifs is 2. The molecule has 5 amide bonds. The van der Waals surface area contributed by atoms with E-state index < -0.39 is 35.5 Å². The Labute approximate surface area is 217 Å². The van der Waals surface area contributed by atoms with Gasteiger partial charge < -0.3 is 42.0 Å². The van der Waals surface area contributed by atoms with E-state index in [2.05, 4.69) is 15.4 Å². The fourth-order valence-corrected chi connectivity index (χ4v) is 5.94. The lowest BCUT2D eigenvalue weighted by atomic mass is 10.1. The zero-order chi connectivity index (χ0) is 27.3. The Morgan fingerprint density at radius 2 is 1.19 bits per heavy atom. The number of hydrogen-bond donors (Lipinski definition) is 5. The molecule has 0 spiro atoms. The van der Waals surface area contributed by atoms with E-state index in [1.54, 1.807) is 0 Å². The summed E-state index contributed by atoms with van der Waals surface area (Å²) in [5.74, 6) is -5.35. The average Bonchev–Trinajstić information content (AvgIpc) is 3.41. The van der Waals surface area contributed by atoms with Gasteiger partial charge in [-0.2, -0.15) is 0 Å². The van der Waals surface area contributed by atoms with E-state index >= 15 is 0 Å². The van der Waals surface area contributed by atoms with Crippen molar-refractivity contribution in [2.75, 3.05) is 31.0 Å². The molecule has 4 rings (SSSR count). The van der Waals surface area contributed by atoms with Crippen LogP contribution in [0.15, 0.2) is 0 Å². The first-order valence-electron chi connectivity index (χ1n) is 10.6. The van der Waals surface area contributed by atoms with E-state index in [1.807, 2.05) is 0 Å². The average molecular weight is 554 g/mol. The summed E-state index contributed by atoms with van der Waals surface area (Å²) < 4.78 is 14.8. The van der Waals surface area contributed by atoms with Gasteiger partial charge in [-0.05, 0) is 24.0 Å². The number of thiophene rings is 2. The molecule has 0 atom stereocenters. The number of amides is 5. The van der Waals surface area contributed by atoms with Crippen LogP contribution < -0.4 is 27.8 Å². The minimum absolute atomic E-state index is 0.243. The molecule has 0 unspecified atom stereocenters. The van der Waals surface area contributed by atoms with Gasteiger partial charge in [0, 0.05) is 9.75 Å². The third-order valence-electron chi connectivity index (χ3n) is 5.18. The van der Waals surface area contributed by atoms with E-state index in [0.717, 1.165) is 28.0 Å². The lowest BCUT2D eigenvalue weighted by Gasteiger charge is -2.12. The van der Waals surface area contributed by atoms with E-state index in [-0.39, 0.29) is 21.1 Å². The largest absolute Gasteiger partial charge is 0.462 e. The number of nitrogens with two attached hydrogens (primary N) is 3. The number of carbonyl (C=O) groups is 6. The SMILES string of the molecule is COC(=O)C(=O)Nc1sc2c(c1C(N)=O)CCOC2.NC(=O)C(=O)Nc1sc2c(c1C(N)=O)CCOC2. The summed E-state index contributed by atoms with van der Waals surface area (Å²) in [6, 6.07) is 0. The summed E-state index contributed by atoms with van der Waals surface area (Å²) in [5, 5.41) is 5.16. The van der Waals surface area contributed by atoms with Gasteiger partial charge in [-0.1, -0.05) is 0 Å². The number of primary amides is 3. The molecule has 37 heavy (non-hydrogen) atoms. The van der Waals surface area contributed by atoms with Crippen LogP contribution in [0.4, 0.5) is 10.0 Å². The number of methoxy groups -OCH3 is 1. The van der Waals surface area contributed by atoms with Gasteiger partial charge >= 0.3 is 23.7 Å². The van der Waals surface area contributed by atoms with Crippen LogP contribution in [0.3, 0.4) is 0 Å². The van der Waals surface area contributed by atoms with Crippen molar-refractivity contribution in [3.05, 3.63) is 32.0 Å². The van der Waals surface area contributed by atoms with Gasteiger partial charge in [-0.15, -0.1) is 22.7 Å². The molecule has 0 saturated carbocycles. The van der Waals surface area contributed by atoms with Gasteiger partial charge in [0.25, 0.3) is 11.8 Å². The summed E-state index contributed by atoms with van der Waals surface area (Å²) in [6.07, 6.45) is 1.11.